The molecule has 35 heavy (non-hydrogen) atoms. The second kappa shape index (κ2) is 8.00. The average Bonchev–Trinajstić information content (AvgIpc) is 3.43. The minimum atomic E-state index is 0.351. The van der Waals surface area contributed by atoms with E-state index >= 15 is 0 Å². The number of rotatable bonds is 3. The standard InChI is InChI=1S/C30H34N4O/c1-3-18-17-34-13-11-23-24-16-20(35)8-9-26(24)32-30(23)28(34)15-19(18)14-27-29-22(10-12-33(27)2)21-6-4-5-7-25(21)31-29/h3-9,16,18-19,27-28,31-32,35H,1,10-15,17H2,2H3/t18-,19-,27-,28-/m0/s1. The summed E-state index contributed by atoms with van der Waals surface area (Å²) in [5.41, 5.74) is 8.13. The number of likely N-dealkylation sites (N-methyl/N-ethyl adjacent to an activating group) is 1. The summed E-state index contributed by atoms with van der Waals surface area (Å²) in [5.74, 6) is 1.43. The number of nitrogens with zero attached hydrogens (tertiary/aromatic N) is 2. The van der Waals surface area contributed by atoms with Gasteiger partial charge in [-0.2, -0.15) is 0 Å². The number of hydrogen-bond acceptors (Lipinski definition) is 3. The van der Waals surface area contributed by atoms with E-state index in [4.69, 9.17) is 0 Å². The maximum Gasteiger partial charge on any atom is 0.116 e. The molecule has 1 fully saturated rings. The van der Waals surface area contributed by atoms with Crippen molar-refractivity contribution in [2.75, 3.05) is 26.7 Å². The number of nitrogens with one attached hydrogen (secondary N) is 2. The highest BCUT2D eigenvalue weighted by atomic mass is 16.3. The van der Waals surface area contributed by atoms with Crippen molar-refractivity contribution < 1.29 is 5.11 Å². The van der Waals surface area contributed by atoms with Crippen molar-refractivity contribution >= 4 is 21.8 Å². The Balaban J connectivity index is 1.23. The Labute approximate surface area is 206 Å². The van der Waals surface area contributed by atoms with E-state index in [1.165, 1.54) is 38.8 Å². The molecule has 0 radical (unpaired) electrons. The van der Waals surface area contributed by atoms with Crippen molar-refractivity contribution in [2.24, 2.45) is 11.8 Å². The van der Waals surface area contributed by atoms with E-state index in [0.717, 1.165) is 50.8 Å². The molecular formula is C30H34N4O. The van der Waals surface area contributed by atoms with Crippen LogP contribution in [0.15, 0.2) is 55.1 Å². The highest BCUT2D eigenvalue weighted by Gasteiger charge is 2.41. The molecule has 3 aliphatic rings. The molecule has 0 unspecified atom stereocenters. The third-order valence-electron chi connectivity index (χ3n) is 9.18. The second-order valence-electron chi connectivity index (χ2n) is 10.9. The van der Waals surface area contributed by atoms with E-state index in [-0.39, 0.29) is 0 Å². The highest BCUT2D eigenvalue weighted by molar-refractivity contribution is 5.86. The molecule has 1 saturated heterocycles. The zero-order valence-corrected chi connectivity index (χ0v) is 20.4. The lowest BCUT2D eigenvalue weighted by atomic mass is 9.74. The third-order valence-corrected chi connectivity index (χ3v) is 9.18. The molecular weight excluding hydrogens is 432 g/mol. The Morgan fingerprint density at radius 2 is 1.77 bits per heavy atom. The molecule has 7 rings (SSSR count). The predicted octanol–water partition coefficient (Wildman–Crippen LogP) is 5.70. The van der Waals surface area contributed by atoms with Gasteiger partial charge < -0.3 is 15.1 Å². The lowest BCUT2D eigenvalue weighted by molar-refractivity contribution is 0.0515. The molecule has 4 atom stereocenters. The maximum atomic E-state index is 10.1. The van der Waals surface area contributed by atoms with Crippen molar-refractivity contribution in [2.45, 2.75) is 37.8 Å². The number of aromatic nitrogens is 2. The molecule has 3 N–H and O–H groups in total. The second-order valence-corrected chi connectivity index (χ2v) is 10.9. The molecule has 4 aromatic rings. The van der Waals surface area contributed by atoms with Crippen LogP contribution < -0.4 is 0 Å². The first-order valence-electron chi connectivity index (χ1n) is 13.1. The predicted molar refractivity (Wildman–Crippen MR) is 142 cm³/mol. The van der Waals surface area contributed by atoms with E-state index < -0.39 is 0 Å². The van der Waals surface area contributed by atoms with Crippen LogP contribution in [0.1, 0.15) is 47.4 Å². The van der Waals surface area contributed by atoms with E-state index in [0.29, 0.717) is 29.7 Å². The van der Waals surface area contributed by atoms with Gasteiger partial charge in [0.05, 0.1) is 12.1 Å². The normalized spacial score (nSPS) is 27.0. The third kappa shape index (κ3) is 3.29. The topological polar surface area (TPSA) is 58.3 Å². The van der Waals surface area contributed by atoms with Gasteiger partial charge in [0.1, 0.15) is 5.75 Å². The van der Waals surface area contributed by atoms with Gasteiger partial charge in [-0.3, -0.25) is 9.80 Å². The van der Waals surface area contributed by atoms with Crippen molar-refractivity contribution in [1.29, 1.82) is 0 Å². The van der Waals surface area contributed by atoms with Gasteiger partial charge in [0, 0.05) is 52.8 Å². The van der Waals surface area contributed by atoms with Crippen LogP contribution in [0.3, 0.4) is 0 Å². The van der Waals surface area contributed by atoms with Crippen LogP contribution in [0, 0.1) is 11.8 Å². The molecule has 2 aromatic carbocycles. The molecule has 0 saturated carbocycles. The summed E-state index contributed by atoms with van der Waals surface area (Å²) >= 11 is 0. The summed E-state index contributed by atoms with van der Waals surface area (Å²) in [6.07, 6.45) is 6.65. The van der Waals surface area contributed by atoms with Crippen LogP contribution in [0.2, 0.25) is 0 Å². The molecule has 0 amide bonds. The lowest BCUT2D eigenvalue weighted by Crippen LogP contribution is -2.46. The Kier molecular flexibility index (Phi) is 4.87. The summed E-state index contributed by atoms with van der Waals surface area (Å²) in [5, 5.41) is 12.7. The molecule has 5 heteroatoms. The molecule has 3 aliphatic heterocycles. The van der Waals surface area contributed by atoms with Gasteiger partial charge in [0.25, 0.3) is 0 Å². The number of hydrogen-bond donors (Lipinski definition) is 3. The molecule has 180 valence electrons. The molecule has 0 spiro atoms. The number of phenolic OH excluding ortho intramolecular Hbond substituents is 1. The highest BCUT2D eigenvalue weighted by Crippen LogP contribution is 2.47. The summed E-state index contributed by atoms with van der Waals surface area (Å²) in [4.78, 5) is 12.8. The van der Waals surface area contributed by atoms with Gasteiger partial charge in [-0.1, -0.05) is 24.3 Å². The maximum absolute atomic E-state index is 10.1. The van der Waals surface area contributed by atoms with Crippen LogP contribution in [0.4, 0.5) is 0 Å². The Bertz CT molecular complexity index is 1430. The first-order valence-corrected chi connectivity index (χ1v) is 13.1. The van der Waals surface area contributed by atoms with Crippen LogP contribution in [-0.4, -0.2) is 51.6 Å². The zero-order chi connectivity index (χ0) is 23.7. The number of para-hydroxylation sites is 1. The number of fused-ring (bicyclic) bond motifs is 8. The lowest BCUT2D eigenvalue weighted by Gasteiger charge is -2.47. The number of aromatic amines is 2. The largest absolute Gasteiger partial charge is 0.508 e. The van der Waals surface area contributed by atoms with Crippen LogP contribution in [0.25, 0.3) is 21.8 Å². The Hall–Kier alpha value is -3.02. The number of piperidine rings is 1. The summed E-state index contributed by atoms with van der Waals surface area (Å²) in [6.45, 7) is 7.53. The number of H-pyrrole nitrogens is 2. The van der Waals surface area contributed by atoms with Gasteiger partial charge in [-0.05, 0) is 80.0 Å². The minimum absolute atomic E-state index is 0.351. The van der Waals surface area contributed by atoms with Gasteiger partial charge in [-0.25, -0.2) is 0 Å². The van der Waals surface area contributed by atoms with Crippen molar-refractivity contribution in [3.63, 3.8) is 0 Å². The van der Waals surface area contributed by atoms with Crippen LogP contribution >= 0.6 is 0 Å². The minimum Gasteiger partial charge on any atom is -0.508 e. The molecule has 0 bridgehead atoms. The Morgan fingerprint density at radius 3 is 2.66 bits per heavy atom. The number of phenols is 1. The van der Waals surface area contributed by atoms with Gasteiger partial charge in [0.15, 0.2) is 0 Å². The number of benzene rings is 2. The van der Waals surface area contributed by atoms with Gasteiger partial charge >= 0.3 is 0 Å². The smallest absolute Gasteiger partial charge is 0.116 e. The molecule has 5 nitrogen and oxygen atoms in total. The zero-order valence-electron chi connectivity index (χ0n) is 20.4. The first-order chi connectivity index (χ1) is 17.1. The van der Waals surface area contributed by atoms with Crippen LogP contribution in [-0.2, 0) is 12.8 Å². The monoisotopic (exact) mass is 466 g/mol. The summed E-state index contributed by atoms with van der Waals surface area (Å²) in [6, 6.07) is 15.3. The van der Waals surface area contributed by atoms with E-state index in [1.807, 2.05) is 12.1 Å². The fourth-order valence-corrected chi connectivity index (χ4v) is 7.33. The van der Waals surface area contributed by atoms with Gasteiger partial charge in [0.2, 0.25) is 0 Å². The molecule has 5 heterocycles. The fraction of sp³-hybridized carbons (Fsp3) is 0.400. The molecule has 2 aromatic heterocycles. The van der Waals surface area contributed by atoms with E-state index in [2.05, 4.69) is 63.7 Å². The number of aromatic hydroxyl groups is 1. The summed E-state index contributed by atoms with van der Waals surface area (Å²) in [7, 11) is 2.29. The van der Waals surface area contributed by atoms with Gasteiger partial charge in [-0.15, -0.1) is 6.58 Å². The quantitative estimate of drug-likeness (QED) is 0.340. The molecule has 0 aliphatic carbocycles. The van der Waals surface area contributed by atoms with Crippen LogP contribution in [0.5, 0.6) is 5.75 Å². The van der Waals surface area contributed by atoms with E-state index in [9.17, 15) is 5.11 Å². The van der Waals surface area contributed by atoms with Crippen molar-refractivity contribution in [1.82, 2.24) is 19.8 Å². The SMILES string of the molecule is C=C[C@H]1CN2CCc3c([nH]c4ccc(O)cc34)[C@@H]2C[C@@H]1C[C@H]1c2[nH]c3ccccc3c2CCN1C. The average molecular weight is 467 g/mol. The Morgan fingerprint density at radius 1 is 1.00 bits per heavy atom. The fourth-order valence-electron chi connectivity index (χ4n) is 7.33. The van der Waals surface area contributed by atoms with E-state index in [1.54, 1.807) is 6.07 Å². The summed E-state index contributed by atoms with van der Waals surface area (Å²) < 4.78 is 0. The van der Waals surface area contributed by atoms with Crippen molar-refractivity contribution in [3.8, 4) is 5.75 Å². The first kappa shape index (κ1) is 21.3. The van der Waals surface area contributed by atoms with Crippen molar-refractivity contribution in [3.05, 3.63) is 77.6 Å².